The second kappa shape index (κ2) is 9.98. The van der Waals surface area contributed by atoms with Crippen LogP contribution in [0.2, 0.25) is 0 Å². The number of aliphatic imine (C=N–C) groups is 1. The van der Waals surface area contributed by atoms with Gasteiger partial charge in [0.2, 0.25) is 0 Å². The van der Waals surface area contributed by atoms with Crippen molar-refractivity contribution in [2.45, 2.75) is 52.1 Å². The Bertz CT molecular complexity index is 912. The third-order valence-corrected chi connectivity index (χ3v) is 5.20. The lowest BCUT2D eigenvalue weighted by Gasteiger charge is -2.31. The highest BCUT2D eigenvalue weighted by Gasteiger charge is 2.33. The van der Waals surface area contributed by atoms with Crippen molar-refractivity contribution in [1.82, 2.24) is 10.3 Å². The van der Waals surface area contributed by atoms with Crippen LogP contribution in [0.1, 0.15) is 36.2 Å². The quantitative estimate of drug-likeness (QED) is 0.223. The Kier molecular flexibility index (Phi) is 7.90. The lowest BCUT2D eigenvalue weighted by atomic mass is 9.99. The van der Waals surface area contributed by atoms with Crippen molar-refractivity contribution in [2.24, 2.45) is 10.7 Å². The fraction of sp³-hybridized carbons (Fsp3) is 0.450. The minimum absolute atomic E-state index is 0.0573. The monoisotopic (exact) mass is 435 g/mol. The molecule has 2 unspecified atom stereocenters. The molecule has 30 heavy (non-hydrogen) atoms. The third-order valence-electron chi connectivity index (χ3n) is 4.31. The molecule has 10 heteroatoms. The van der Waals surface area contributed by atoms with E-state index in [1.807, 2.05) is 20.8 Å². The number of carbonyl (C=O) groups excluding carboxylic acids is 1. The second-order valence-electron chi connectivity index (χ2n) is 7.43. The number of amides is 1. The van der Waals surface area contributed by atoms with Crippen LogP contribution < -0.4 is 21.5 Å². The topological polar surface area (TPSA) is 156 Å². The van der Waals surface area contributed by atoms with Crippen LogP contribution in [-0.2, 0) is 11.4 Å². The number of ether oxygens (including phenoxy) is 1. The molecule has 0 aliphatic rings. The summed E-state index contributed by atoms with van der Waals surface area (Å²) in [5.74, 6) is -0.107. The smallest absolute Gasteiger partial charge is 0.270 e. The van der Waals surface area contributed by atoms with Gasteiger partial charge in [-0.2, -0.15) is 0 Å². The average Bonchev–Trinajstić information content (AvgIpc) is 3.10. The number of anilines is 1. The first kappa shape index (κ1) is 23.7. The molecule has 7 N–H and O–H groups in total. The number of nitrogens with zero attached hydrogens (tertiary/aromatic N) is 2. The van der Waals surface area contributed by atoms with Crippen molar-refractivity contribution in [2.75, 3.05) is 12.3 Å². The van der Waals surface area contributed by atoms with Gasteiger partial charge in [0.15, 0.2) is 0 Å². The Morgan fingerprint density at radius 1 is 1.43 bits per heavy atom. The number of nitrogens with one attached hydrogen (secondary N) is 1. The van der Waals surface area contributed by atoms with Crippen LogP contribution in [0.3, 0.4) is 0 Å². The number of benzene rings is 1. The number of nitrogen functional groups attached to an aromatic ring is 1. The summed E-state index contributed by atoms with van der Waals surface area (Å²) in [5, 5.41) is 22.8. The maximum absolute atomic E-state index is 13.0. The van der Waals surface area contributed by atoms with Crippen LogP contribution in [0.5, 0.6) is 5.75 Å². The van der Waals surface area contributed by atoms with Gasteiger partial charge in [0.25, 0.3) is 5.91 Å². The summed E-state index contributed by atoms with van der Waals surface area (Å²) in [6.45, 7) is 6.76. The SMILES string of the molecule is Cc1ncc(COc2ccc(N)c(C(=NC(C)C)C(=O)NC(C)(CO)C(N)O)c2)s1. The summed E-state index contributed by atoms with van der Waals surface area (Å²) >= 11 is 1.54. The van der Waals surface area contributed by atoms with Gasteiger partial charge in [-0.3, -0.25) is 9.79 Å². The van der Waals surface area contributed by atoms with E-state index in [2.05, 4.69) is 15.3 Å². The number of hydrogen-bond donors (Lipinski definition) is 5. The number of aryl methyl sites for hydroxylation is 1. The number of thiazole rings is 1. The fourth-order valence-electron chi connectivity index (χ4n) is 2.49. The summed E-state index contributed by atoms with van der Waals surface area (Å²) < 4.78 is 5.82. The summed E-state index contributed by atoms with van der Waals surface area (Å²) in [4.78, 5) is 22.6. The van der Waals surface area contributed by atoms with Gasteiger partial charge < -0.3 is 31.7 Å². The molecule has 2 aromatic rings. The Morgan fingerprint density at radius 3 is 2.67 bits per heavy atom. The van der Waals surface area contributed by atoms with E-state index in [0.29, 0.717) is 23.6 Å². The molecule has 0 spiro atoms. The molecular formula is C20H29N5O4S. The summed E-state index contributed by atoms with van der Waals surface area (Å²) in [6, 6.07) is 4.77. The standard InChI is InChI=1S/C20H29N5O4S/c1-11(2)24-17(18(27)25-20(4,10-26)19(22)28)15-7-13(5-6-16(15)21)29-9-14-8-23-12(3)30-14/h5-8,11,19,26,28H,9-10,21-22H2,1-4H3,(H,25,27). The number of aliphatic hydroxyl groups is 2. The molecule has 1 aromatic heterocycles. The van der Waals surface area contributed by atoms with E-state index in [-0.39, 0.29) is 11.8 Å². The zero-order valence-corrected chi connectivity index (χ0v) is 18.4. The Balaban J connectivity index is 2.33. The number of carbonyl (C=O) groups is 1. The minimum atomic E-state index is -1.47. The normalized spacial score (nSPS) is 15.0. The van der Waals surface area contributed by atoms with E-state index in [4.69, 9.17) is 16.2 Å². The van der Waals surface area contributed by atoms with E-state index in [1.165, 1.54) is 18.3 Å². The number of nitrogens with two attached hydrogens (primary N) is 2. The number of aliphatic hydroxyl groups excluding tert-OH is 2. The number of rotatable bonds is 9. The van der Waals surface area contributed by atoms with Gasteiger partial charge >= 0.3 is 0 Å². The molecule has 0 aliphatic heterocycles. The van der Waals surface area contributed by atoms with Crippen molar-refractivity contribution in [3.05, 3.63) is 39.8 Å². The molecule has 0 bridgehead atoms. The van der Waals surface area contributed by atoms with Crippen LogP contribution in [0, 0.1) is 6.92 Å². The van der Waals surface area contributed by atoms with E-state index >= 15 is 0 Å². The molecule has 1 aromatic carbocycles. The van der Waals surface area contributed by atoms with Crippen molar-refractivity contribution in [3.63, 3.8) is 0 Å². The highest BCUT2D eigenvalue weighted by Crippen LogP contribution is 2.23. The molecule has 0 fully saturated rings. The van der Waals surface area contributed by atoms with Gasteiger partial charge in [-0.1, -0.05) is 0 Å². The van der Waals surface area contributed by atoms with Gasteiger partial charge in [-0.15, -0.1) is 11.3 Å². The lowest BCUT2D eigenvalue weighted by Crippen LogP contribution is -2.61. The van der Waals surface area contributed by atoms with Crippen molar-refractivity contribution in [3.8, 4) is 5.75 Å². The number of hydrogen-bond acceptors (Lipinski definition) is 9. The van der Waals surface area contributed by atoms with E-state index in [1.54, 1.807) is 24.4 Å². The first-order valence-electron chi connectivity index (χ1n) is 9.44. The molecule has 164 valence electrons. The predicted octanol–water partition coefficient (Wildman–Crippen LogP) is 0.955. The first-order valence-corrected chi connectivity index (χ1v) is 10.3. The molecule has 2 rings (SSSR count). The highest BCUT2D eigenvalue weighted by atomic mass is 32.1. The predicted molar refractivity (Wildman–Crippen MR) is 118 cm³/mol. The fourth-order valence-corrected chi connectivity index (χ4v) is 3.20. The van der Waals surface area contributed by atoms with Gasteiger partial charge in [0.1, 0.15) is 24.3 Å². The third kappa shape index (κ3) is 5.99. The largest absolute Gasteiger partial charge is 0.488 e. The average molecular weight is 436 g/mol. The molecule has 2 atom stereocenters. The van der Waals surface area contributed by atoms with Gasteiger partial charge in [0, 0.05) is 23.5 Å². The maximum atomic E-state index is 13.0. The molecule has 9 nitrogen and oxygen atoms in total. The van der Waals surface area contributed by atoms with Crippen LogP contribution in [0.15, 0.2) is 29.4 Å². The van der Waals surface area contributed by atoms with Gasteiger partial charge in [0.05, 0.1) is 22.0 Å². The number of aromatic nitrogens is 1. The zero-order valence-electron chi connectivity index (χ0n) is 17.5. The lowest BCUT2D eigenvalue weighted by molar-refractivity contribution is -0.118. The van der Waals surface area contributed by atoms with E-state index in [9.17, 15) is 15.0 Å². The first-order chi connectivity index (χ1) is 14.1. The summed E-state index contributed by atoms with van der Waals surface area (Å²) in [6.07, 6.45) is 0.284. The molecular weight excluding hydrogens is 406 g/mol. The zero-order chi connectivity index (χ0) is 22.5. The molecule has 1 heterocycles. The summed E-state index contributed by atoms with van der Waals surface area (Å²) in [7, 11) is 0. The van der Waals surface area contributed by atoms with Crippen LogP contribution >= 0.6 is 11.3 Å². The van der Waals surface area contributed by atoms with Gasteiger partial charge in [-0.25, -0.2) is 4.98 Å². The van der Waals surface area contributed by atoms with Crippen molar-refractivity contribution >= 4 is 28.6 Å². The van der Waals surface area contributed by atoms with E-state index in [0.717, 1.165) is 9.88 Å². The minimum Gasteiger partial charge on any atom is -0.488 e. The van der Waals surface area contributed by atoms with Crippen molar-refractivity contribution < 1.29 is 19.7 Å². The Labute approximate surface area is 179 Å². The van der Waals surface area contributed by atoms with Crippen molar-refractivity contribution in [1.29, 1.82) is 0 Å². The van der Waals surface area contributed by atoms with Gasteiger partial charge in [-0.05, 0) is 45.9 Å². The molecule has 0 radical (unpaired) electrons. The Hall–Kier alpha value is -2.53. The molecule has 0 aliphatic carbocycles. The Morgan fingerprint density at radius 2 is 2.13 bits per heavy atom. The maximum Gasteiger partial charge on any atom is 0.270 e. The molecule has 1 amide bonds. The van der Waals surface area contributed by atoms with Crippen LogP contribution in [0.25, 0.3) is 0 Å². The second-order valence-corrected chi connectivity index (χ2v) is 8.75. The van der Waals surface area contributed by atoms with Crippen LogP contribution in [-0.4, -0.2) is 51.2 Å². The summed E-state index contributed by atoms with van der Waals surface area (Å²) in [5.41, 5.74) is 11.0. The molecule has 0 saturated carbocycles. The van der Waals surface area contributed by atoms with E-state index < -0.39 is 24.3 Å². The highest BCUT2D eigenvalue weighted by molar-refractivity contribution is 7.11. The molecule has 0 saturated heterocycles. The van der Waals surface area contributed by atoms with Crippen LogP contribution in [0.4, 0.5) is 5.69 Å².